The van der Waals surface area contributed by atoms with Crippen LogP contribution in [-0.2, 0) is 22.7 Å². The van der Waals surface area contributed by atoms with Gasteiger partial charge in [0.2, 0.25) is 0 Å². The van der Waals surface area contributed by atoms with Crippen LogP contribution in [0.2, 0.25) is 0 Å². The zero-order valence-electron chi connectivity index (χ0n) is 13.8. The van der Waals surface area contributed by atoms with E-state index in [1.165, 1.54) is 9.80 Å². The number of aliphatic hydroxyl groups excluding tert-OH is 1. The first kappa shape index (κ1) is 17.7. The van der Waals surface area contributed by atoms with E-state index in [1.807, 2.05) is 60.7 Å². The van der Waals surface area contributed by atoms with Crippen LogP contribution >= 0.6 is 0 Å². The Morgan fingerprint density at radius 3 is 1.83 bits per heavy atom. The first-order valence-electron chi connectivity index (χ1n) is 7.85. The van der Waals surface area contributed by atoms with Gasteiger partial charge in [0.05, 0.1) is 6.61 Å². The fraction of sp³-hybridized carbons (Fsp3) is 0.263. The van der Waals surface area contributed by atoms with Crippen LogP contribution in [0.5, 0.6) is 0 Å². The lowest BCUT2D eigenvalue weighted by molar-refractivity contribution is -0.152. The highest BCUT2D eigenvalue weighted by atomic mass is 16.3. The van der Waals surface area contributed by atoms with Crippen molar-refractivity contribution in [3.63, 3.8) is 0 Å². The lowest BCUT2D eigenvalue weighted by atomic mass is 10.2. The highest BCUT2D eigenvalue weighted by molar-refractivity contribution is 6.34. The number of carbonyl (C=O) groups is 2. The van der Waals surface area contributed by atoms with Gasteiger partial charge in [0.15, 0.2) is 0 Å². The van der Waals surface area contributed by atoms with E-state index >= 15 is 0 Å². The Labute approximate surface area is 142 Å². The number of carbonyl (C=O) groups excluding carboxylic acids is 2. The third kappa shape index (κ3) is 4.93. The van der Waals surface area contributed by atoms with Crippen LogP contribution in [0.4, 0.5) is 0 Å². The van der Waals surface area contributed by atoms with E-state index in [-0.39, 0.29) is 13.2 Å². The lowest BCUT2D eigenvalue weighted by Crippen LogP contribution is -2.44. The number of amides is 2. The van der Waals surface area contributed by atoms with E-state index in [0.717, 1.165) is 11.1 Å². The maximum Gasteiger partial charge on any atom is 0.312 e. The van der Waals surface area contributed by atoms with E-state index in [2.05, 4.69) is 0 Å². The van der Waals surface area contributed by atoms with Gasteiger partial charge in [0.25, 0.3) is 0 Å². The largest absolute Gasteiger partial charge is 0.395 e. The Balaban J connectivity index is 2.03. The molecule has 0 bridgehead atoms. The predicted molar refractivity (Wildman–Crippen MR) is 91.9 cm³/mol. The van der Waals surface area contributed by atoms with Crippen LogP contribution in [0.1, 0.15) is 11.1 Å². The van der Waals surface area contributed by atoms with Crippen molar-refractivity contribution in [2.75, 3.05) is 20.2 Å². The van der Waals surface area contributed by atoms with E-state index in [0.29, 0.717) is 13.1 Å². The molecule has 0 saturated carbocycles. The summed E-state index contributed by atoms with van der Waals surface area (Å²) in [4.78, 5) is 27.7. The van der Waals surface area contributed by atoms with E-state index in [1.54, 1.807) is 7.05 Å². The third-order valence-electron chi connectivity index (χ3n) is 3.67. The summed E-state index contributed by atoms with van der Waals surface area (Å²) in [5.41, 5.74) is 1.87. The van der Waals surface area contributed by atoms with Crippen LogP contribution in [-0.4, -0.2) is 46.9 Å². The summed E-state index contributed by atoms with van der Waals surface area (Å²) >= 11 is 0. The molecule has 2 rings (SSSR count). The van der Waals surface area contributed by atoms with Crippen molar-refractivity contribution in [2.45, 2.75) is 13.1 Å². The molecule has 1 N–H and O–H groups in total. The molecule has 0 radical (unpaired) electrons. The van der Waals surface area contributed by atoms with Crippen molar-refractivity contribution in [1.29, 1.82) is 0 Å². The Morgan fingerprint density at radius 1 is 0.833 bits per heavy atom. The van der Waals surface area contributed by atoms with Crippen LogP contribution in [0, 0.1) is 0 Å². The van der Waals surface area contributed by atoms with Gasteiger partial charge in [0.1, 0.15) is 0 Å². The number of rotatable bonds is 6. The lowest BCUT2D eigenvalue weighted by Gasteiger charge is -2.24. The molecule has 5 heteroatoms. The Morgan fingerprint density at radius 2 is 1.33 bits per heavy atom. The second kappa shape index (κ2) is 8.84. The number of likely N-dealkylation sites (N-methyl/N-ethyl adjacent to an activating group) is 1. The maximum atomic E-state index is 12.5. The number of hydrogen-bond acceptors (Lipinski definition) is 3. The highest BCUT2D eigenvalue weighted by Gasteiger charge is 2.25. The minimum Gasteiger partial charge on any atom is -0.395 e. The average Bonchev–Trinajstić information content (AvgIpc) is 2.62. The fourth-order valence-electron chi connectivity index (χ4n) is 2.40. The van der Waals surface area contributed by atoms with Crippen LogP contribution in [0.15, 0.2) is 60.7 Å². The summed E-state index contributed by atoms with van der Waals surface area (Å²) in [5.74, 6) is -1.19. The van der Waals surface area contributed by atoms with Crippen molar-refractivity contribution >= 4 is 11.8 Å². The zero-order valence-corrected chi connectivity index (χ0v) is 13.8. The SMILES string of the molecule is CN(Cc1ccccc1)C(=O)C(=O)N(CCO)Cc1ccccc1. The van der Waals surface area contributed by atoms with Gasteiger partial charge in [-0.2, -0.15) is 0 Å². The Bertz CT molecular complexity index is 659. The van der Waals surface area contributed by atoms with Crippen molar-refractivity contribution in [3.05, 3.63) is 71.8 Å². The number of aliphatic hydroxyl groups is 1. The number of nitrogens with zero attached hydrogens (tertiary/aromatic N) is 2. The summed E-state index contributed by atoms with van der Waals surface area (Å²) in [7, 11) is 1.60. The molecule has 2 aromatic rings. The molecule has 0 aromatic heterocycles. The fourth-order valence-corrected chi connectivity index (χ4v) is 2.40. The average molecular weight is 326 g/mol. The molecule has 126 valence electrons. The molecular weight excluding hydrogens is 304 g/mol. The number of hydrogen-bond donors (Lipinski definition) is 1. The Kier molecular flexibility index (Phi) is 6.51. The third-order valence-corrected chi connectivity index (χ3v) is 3.67. The summed E-state index contributed by atoms with van der Waals surface area (Å²) in [6.45, 7) is 0.599. The van der Waals surface area contributed by atoms with E-state index in [9.17, 15) is 14.7 Å². The second-order valence-corrected chi connectivity index (χ2v) is 5.58. The molecule has 0 atom stereocenters. The molecule has 2 aromatic carbocycles. The van der Waals surface area contributed by atoms with Crippen molar-refractivity contribution in [3.8, 4) is 0 Å². The highest BCUT2D eigenvalue weighted by Crippen LogP contribution is 2.08. The minimum atomic E-state index is -0.605. The molecule has 0 fully saturated rings. The quantitative estimate of drug-likeness (QED) is 0.822. The zero-order chi connectivity index (χ0) is 17.4. The molecular formula is C19H22N2O3. The topological polar surface area (TPSA) is 60.9 Å². The Hall–Kier alpha value is -2.66. The molecule has 2 amide bonds. The van der Waals surface area contributed by atoms with Gasteiger partial charge in [-0.25, -0.2) is 0 Å². The molecule has 0 aliphatic carbocycles. The monoisotopic (exact) mass is 326 g/mol. The van der Waals surface area contributed by atoms with Gasteiger partial charge in [-0.3, -0.25) is 9.59 Å². The molecule has 24 heavy (non-hydrogen) atoms. The summed E-state index contributed by atoms with van der Waals surface area (Å²) < 4.78 is 0. The smallest absolute Gasteiger partial charge is 0.312 e. The predicted octanol–water partition coefficient (Wildman–Crippen LogP) is 1.67. The van der Waals surface area contributed by atoms with Gasteiger partial charge in [-0.05, 0) is 11.1 Å². The van der Waals surface area contributed by atoms with Crippen molar-refractivity contribution in [1.82, 2.24) is 9.80 Å². The first-order valence-corrected chi connectivity index (χ1v) is 7.85. The van der Waals surface area contributed by atoms with Crippen LogP contribution in [0.25, 0.3) is 0 Å². The van der Waals surface area contributed by atoms with Crippen molar-refractivity contribution in [2.24, 2.45) is 0 Å². The van der Waals surface area contributed by atoms with E-state index in [4.69, 9.17) is 0 Å². The normalized spacial score (nSPS) is 10.2. The van der Waals surface area contributed by atoms with Gasteiger partial charge in [0, 0.05) is 26.7 Å². The first-order chi connectivity index (χ1) is 11.6. The standard InChI is InChI=1S/C19H22N2O3/c1-20(14-16-8-4-2-5-9-16)18(23)19(24)21(12-13-22)15-17-10-6-3-7-11-17/h2-11,22H,12-15H2,1H3. The minimum absolute atomic E-state index is 0.124. The second-order valence-electron chi connectivity index (χ2n) is 5.58. The summed E-state index contributed by atoms with van der Waals surface area (Å²) in [6, 6.07) is 18.9. The van der Waals surface area contributed by atoms with Gasteiger partial charge < -0.3 is 14.9 Å². The molecule has 0 aliphatic rings. The van der Waals surface area contributed by atoms with Crippen molar-refractivity contribution < 1.29 is 14.7 Å². The van der Waals surface area contributed by atoms with Gasteiger partial charge in [-0.1, -0.05) is 60.7 Å². The summed E-state index contributed by atoms with van der Waals surface area (Å²) in [6.07, 6.45) is 0. The van der Waals surface area contributed by atoms with E-state index < -0.39 is 11.8 Å². The molecule has 5 nitrogen and oxygen atoms in total. The molecule has 0 spiro atoms. The molecule has 0 saturated heterocycles. The van der Waals surface area contributed by atoms with Crippen LogP contribution in [0.3, 0.4) is 0 Å². The summed E-state index contributed by atoms with van der Waals surface area (Å²) in [5, 5.41) is 9.20. The number of benzene rings is 2. The molecule has 0 unspecified atom stereocenters. The van der Waals surface area contributed by atoms with Gasteiger partial charge in [-0.15, -0.1) is 0 Å². The maximum absolute atomic E-state index is 12.5. The molecule has 0 aliphatic heterocycles. The molecule has 0 heterocycles. The van der Waals surface area contributed by atoms with Gasteiger partial charge >= 0.3 is 11.8 Å². The van der Waals surface area contributed by atoms with Crippen LogP contribution < -0.4 is 0 Å².